The van der Waals surface area contributed by atoms with Crippen molar-refractivity contribution < 1.29 is 35.8 Å². The summed E-state index contributed by atoms with van der Waals surface area (Å²) in [5.74, 6) is -0.941. The molecular formula is C22H32F6N2O2. The maximum atomic E-state index is 13.0. The molecule has 4 atom stereocenters. The summed E-state index contributed by atoms with van der Waals surface area (Å²) in [5, 5.41) is 14.7. The second kappa shape index (κ2) is 11.6. The Morgan fingerprint density at radius 3 is 2.06 bits per heavy atom. The summed E-state index contributed by atoms with van der Waals surface area (Å²) >= 11 is 0. The van der Waals surface area contributed by atoms with Gasteiger partial charge in [0.25, 0.3) is 0 Å². The molecule has 0 heterocycles. The van der Waals surface area contributed by atoms with E-state index in [-0.39, 0.29) is 30.1 Å². The van der Waals surface area contributed by atoms with Crippen molar-refractivity contribution in [3.05, 3.63) is 11.6 Å². The molecule has 4 nitrogen and oxygen atoms in total. The summed E-state index contributed by atoms with van der Waals surface area (Å²) in [7, 11) is 0. The fraction of sp³-hybridized carbons (Fsp3) is 0.818. The van der Waals surface area contributed by atoms with Crippen molar-refractivity contribution in [2.24, 2.45) is 11.8 Å². The second-order valence-electron chi connectivity index (χ2n) is 8.56. The number of hydrogen-bond donors (Lipinski definition) is 2. The number of halogens is 6. The zero-order chi connectivity index (χ0) is 23.9. The fourth-order valence-corrected chi connectivity index (χ4v) is 4.52. The van der Waals surface area contributed by atoms with Crippen LogP contribution in [0.15, 0.2) is 11.6 Å². The minimum atomic E-state index is -4.63. The van der Waals surface area contributed by atoms with Gasteiger partial charge in [0, 0.05) is 19.1 Å². The number of hydrogen-bond acceptors (Lipinski definition) is 4. The molecule has 2 rings (SSSR count). The van der Waals surface area contributed by atoms with Crippen LogP contribution in [0.3, 0.4) is 0 Å². The van der Waals surface area contributed by atoms with Crippen LogP contribution in [0.5, 0.6) is 0 Å². The van der Waals surface area contributed by atoms with E-state index in [0.717, 1.165) is 0 Å². The lowest BCUT2D eigenvalue weighted by molar-refractivity contribution is -0.0655. The third-order valence-corrected chi connectivity index (χ3v) is 6.39. The van der Waals surface area contributed by atoms with E-state index in [0.29, 0.717) is 64.6 Å². The molecule has 1 fully saturated rings. The Labute approximate surface area is 184 Å². The van der Waals surface area contributed by atoms with Gasteiger partial charge >= 0.3 is 12.4 Å². The highest BCUT2D eigenvalue weighted by Crippen LogP contribution is 2.37. The van der Waals surface area contributed by atoms with Crippen molar-refractivity contribution in [2.45, 2.75) is 89.3 Å². The molecule has 0 saturated heterocycles. The van der Waals surface area contributed by atoms with Gasteiger partial charge in [-0.3, -0.25) is 5.41 Å². The largest absolute Gasteiger partial charge is 0.432 e. The zero-order valence-corrected chi connectivity index (χ0v) is 18.2. The number of nitrogens with one attached hydrogen (secondary N) is 2. The first-order valence-electron chi connectivity index (χ1n) is 11.2. The number of allylic oxidation sites excluding steroid dienone is 1. The summed E-state index contributed by atoms with van der Waals surface area (Å²) in [6.45, 7) is 2.64. The molecule has 0 radical (unpaired) electrons. The van der Waals surface area contributed by atoms with Crippen molar-refractivity contribution in [3.63, 3.8) is 0 Å². The summed E-state index contributed by atoms with van der Waals surface area (Å²) in [6.07, 6.45) is -3.95. The van der Waals surface area contributed by atoms with Gasteiger partial charge in [0.1, 0.15) is 11.4 Å². The predicted molar refractivity (Wildman–Crippen MR) is 109 cm³/mol. The average Bonchev–Trinajstić information content (AvgIpc) is 2.93. The highest BCUT2D eigenvalue weighted by molar-refractivity contribution is 6.01. The molecule has 10 heteroatoms. The second-order valence-corrected chi connectivity index (χ2v) is 8.56. The van der Waals surface area contributed by atoms with Gasteiger partial charge in [-0.1, -0.05) is 19.4 Å². The van der Waals surface area contributed by atoms with Crippen LogP contribution in [0.1, 0.15) is 64.7 Å². The lowest BCUT2D eigenvalue weighted by Crippen LogP contribution is -2.33. The van der Waals surface area contributed by atoms with Gasteiger partial charge in [0.2, 0.25) is 0 Å². The molecule has 2 N–H and O–H groups in total. The van der Waals surface area contributed by atoms with Crippen LogP contribution in [0, 0.1) is 22.7 Å². The van der Waals surface area contributed by atoms with Crippen molar-refractivity contribution in [1.29, 1.82) is 10.8 Å². The topological polar surface area (TPSA) is 66.2 Å². The van der Waals surface area contributed by atoms with Crippen LogP contribution in [0.2, 0.25) is 0 Å². The van der Waals surface area contributed by atoms with Gasteiger partial charge in [-0.15, -0.1) is 0 Å². The number of alkyl halides is 6. The summed E-state index contributed by atoms with van der Waals surface area (Å²) < 4.78 is 88.3. The van der Waals surface area contributed by atoms with Crippen LogP contribution < -0.4 is 0 Å². The maximum Gasteiger partial charge on any atom is 0.432 e. The Kier molecular flexibility index (Phi) is 9.75. The number of ether oxygens (including phenoxy) is 2. The first kappa shape index (κ1) is 26.8. The third kappa shape index (κ3) is 7.86. The van der Waals surface area contributed by atoms with Crippen LogP contribution in [0.4, 0.5) is 26.3 Å². The van der Waals surface area contributed by atoms with Gasteiger partial charge in [-0.2, -0.15) is 26.3 Å². The van der Waals surface area contributed by atoms with Crippen molar-refractivity contribution >= 4 is 11.4 Å². The molecule has 2 aliphatic rings. The van der Waals surface area contributed by atoms with Crippen LogP contribution in [-0.4, -0.2) is 49.2 Å². The van der Waals surface area contributed by atoms with Gasteiger partial charge in [-0.25, -0.2) is 0 Å². The average molecular weight is 470 g/mol. The molecule has 0 aromatic heterocycles. The molecule has 32 heavy (non-hydrogen) atoms. The van der Waals surface area contributed by atoms with Crippen molar-refractivity contribution in [3.8, 4) is 0 Å². The molecule has 0 bridgehead atoms. The van der Waals surface area contributed by atoms with E-state index in [1.54, 1.807) is 0 Å². The quantitative estimate of drug-likeness (QED) is 0.172. The van der Waals surface area contributed by atoms with Crippen molar-refractivity contribution in [2.75, 3.05) is 13.2 Å². The van der Waals surface area contributed by atoms with Gasteiger partial charge in [-0.05, 0) is 62.9 Å². The van der Waals surface area contributed by atoms with E-state index in [1.807, 2.05) is 6.92 Å². The SMILES string of the molecule is CCC1CCC(OCCCOC2CC=C(C(=N)C(F)(F)F)CC2)CCC1C(=N)C(F)(F)F. The van der Waals surface area contributed by atoms with Crippen LogP contribution in [-0.2, 0) is 9.47 Å². The van der Waals surface area contributed by atoms with Gasteiger partial charge in [0.15, 0.2) is 0 Å². The van der Waals surface area contributed by atoms with E-state index >= 15 is 0 Å². The Hall–Kier alpha value is -1.42. The lowest BCUT2D eigenvalue weighted by Gasteiger charge is -2.25. The van der Waals surface area contributed by atoms with E-state index < -0.39 is 29.7 Å². The molecule has 0 spiro atoms. The molecule has 0 aliphatic heterocycles. The molecule has 0 aromatic carbocycles. The first-order chi connectivity index (χ1) is 14.9. The van der Waals surface area contributed by atoms with Gasteiger partial charge < -0.3 is 14.9 Å². The third-order valence-electron chi connectivity index (χ3n) is 6.39. The standard InChI is InChI=1S/C22H32F6N2O2/c1-2-14-4-7-17(10-11-18(14)20(30)22(26,27)28)32-13-3-12-31-16-8-5-15(6-9-16)19(29)21(23,24)25/h5,14,16-18,29-30H,2-4,6-13H2,1H3. The Balaban J connectivity index is 1.68. The molecule has 184 valence electrons. The predicted octanol–water partition coefficient (Wildman–Crippen LogP) is 6.64. The van der Waals surface area contributed by atoms with E-state index in [1.165, 1.54) is 6.08 Å². The molecule has 1 saturated carbocycles. The smallest absolute Gasteiger partial charge is 0.378 e. The molecule has 4 unspecified atom stereocenters. The normalized spacial score (nSPS) is 27.5. The highest BCUT2D eigenvalue weighted by atomic mass is 19.4. The summed E-state index contributed by atoms with van der Waals surface area (Å²) in [6, 6.07) is 0. The number of rotatable bonds is 9. The monoisotopic (exact) mass is 470 g/mol. The minimum Gasteiger partial charge on any atom is -0.378 e. The molecule has 0 amide bonds. The lowest BCUT2D eigenvalue weighted by atomic mass is 9.82. The van der Waals surface area contributed by atoms with Crippen LogP contribution in [0.25, 0.3) is 0 Å². The molecule has 2 aliphatic carbocycles. The van der Waals surface area contributed by atoms with Gasteiger partial charge in [0.05, 0.1) is 12.2 Å². The van der Waals surface area contributed by atoms with E-state index in [9.17, 15) is 26.3 Å². The van der Waals surface area contributed by atoms with Crippen molar-refractivity contribution in [1.82, 2.24) is 0 Å². The Morgan fingerprint density at radius 2 is 1.53 bits per heavy atom. The molecule has 0 aromatic rings. The zero-order valence-electron chi connectivity index (χ0n) is 18.2. The summed E-state index contributed by atoms with van der Waals surface area (Å²) in [4.78, 5) is 0. The Bertz CT molecular complexity index is 674. The maximum absolute atomic E-state index is 13.0. The Morgan fingerprint density at radius 1 is 0.906 bits per heavy atom. The highest BCUT2D eigenvalue weighted by Gasteiger charge is 2.43. The first-order valence-corrected chi connectivity index (χ1v) is 11.2. The molecular weight excluding hydrogens is 438 g/mol. The summed E-state index contributed by atoms with van der Waals surface area (Å²) in [5.41, 5.74) is -2.41. The van der Waals surface area contributed by atoms with E-state index in [2.05, 4.69) is 0 Å². The van der Waals surface area contributed by atoms with Crippen LogP contribution >= 0.6 is 0 Å². The fourth-order valence-electron chi connectivity index (χ4n) is 4.52. The van der Waals surface area contributed by atoms with E-state index in [4.69, 9.17) is 20.3 Å². The minimum absolute atomic E-state index is 0.0105.